The Bertz CT molecular complexity index is 726. The topological polar surface area (TPSA) is 81.2 Å². The van der Waals surface area contributed by atoms with E-state index < -0.39 is 0 Å². The van der Waals surface area contributed by atoms with Crippen molar-refractivity contribution in [1.29, 1.82) is 0 Å². The van der Waals surface area contributed by atoms with E-state index in [4.69, 9.17) is 4.99 Å². The van der Waals surface area contributed by atoms with Crippen LogP contribution in [0.25, 0.3) is 11.4 Å². The molecule has 28 heavy (non-hydrogen) atoms. The van der Waals surface area contributed by atoms with Crippen molar-refractivity contribution in [1.82, 2.24) is 30.7 Å². The maximum Gasteiger partial charge on any atom is 0.191 e. The van der Waals surface area contributed by atoms with Crippen molar-refractivity contribution in [2.24, 2.45) is 4.99 Å². The summed E-state index contributed by atoms with van der Waals surface area (Å²) in [7, 11) is 0. The number of rotatable bonds is 8. The lowest BCUT2D eigenvalue weighted by molar-refractivity contribution is 0.147. The maximum atomic E-state index is 4.76. The van der Waals surface area contributed by atoms with Crippen LogP contribution < -0.4 is 10.6 Å². The Morgan fingerprint density at radius 1 is 1.29 bits per heavy atom. The second-order valence-electron chi connectivity index (χ2n) is 7.25. The number of guanidine groups is 1. The fourth-order valence-corrected chi connectivity index (χ4v) is 3.81. The highest BCUT2D eigenvalue weighted by Gasteiger charge is 2.19. The number of hydrogen-bond donors (Lipinski definition) is 3. The number of aliphatic imine (C=N–C) groups is 1. The molecule has 2 heterocycles. The summed E-state index contributed by atoms with van der Waals surface area (Å²) in [5.41, 5.74) is 2.17. The molecule has 0 bridgehead atoms. The molecule has 1 aliphatic heterocycles. The molecule has 1 aliphatic rings. The first-order chi connectivity index (χ1) is 13.8. The van der Waals surface area contributed by atoms with Gasteiger partial charge in [-0.05, 0) is 44.4 Å². The molecule has 2 aromatic rings. The molecule has 0 radical (unpaired) electrons. The van der Waals surface area contributed by atoms with Gasteiger partial charge in [-0.1, -0.05) is 31.5 Å². The zero-order chi connectivity index (χ0) is 19.6. The number of nitrogens with one attached hydrogen (secondary N) is 3. The van der Waals surface area contributed by atoms with Crippen molar-refractivity contribution >= 4 is 5.96 Å². The molecule has 1 saturated heterocycles. The van der Waals surface area contributed by atoms with Crippen LogP contribution in [0, 0.1) is 0 Å². The lowest BCUT2D eigenvalue weighted by Gasteiger charge is -2.35. The summed E-state index contributed by atoms with van der Waals surface area (Å²) in [6, 6.07) is 9.00. The van der Waals surface area contributed by atoms with Crippen molar-refractivity contribution in [3.05, 3.63) is 36.2 Å². The summed E-state index contributed by atoms with van der Waals surface area (Å²) >= 11 is 0. The normalized spacial score (nSPS) is 18.2. The maximum absolute atomic E-state index is 4.76. The van der Waals surface area contributed by atoms with Crippen LogP contribution in [0.5, 0.6) is 0 Å². The third-order valence-corrected chi connectivity index (χ3v) is 5.29. The molecule has 0 spiro atoms. The van der Waals surface area contributed by atoms with Gasteiger partial charge in [-0.25, -0.2) is 9.98 Å². The number of benzene rings is 1. The molecule has 1 aromatic carbocycles. The van der Waals surface area contributed by atoms with Gasteiger partial charge in [-0.3, -0.25) is 10.00 Å². The van der Waals surface area contributed by atoms with Gasteiger partial charge >= 0.3 is 0 Å². The summed E-state index contributed by atoms with van der Waals surface area (Å²) in [6.45, 7) is 9.09. The molecular weight excluding hydrogens is 350 g/mol. The molecule has 3 N–H and O–H groups in total. The monoisotopic (exact) mass is 383 g/mol. The molecule has 1 atom stereocenters. The van der Waals surface area contributed by atoms with Crippen molar-refractivity contribution in [2.45, 2.75) is 52.1 Å². The highest BCUT2D eigenvalue weighted by atomic mass is 15.2. The molecule has 0 saturated carbocycles. The van der Waals surface area contributed by atoms with Crippen LogP contribution >= 0.6 is 0 Å². The van der Waals surface area contributed by atoms with Crippen LogP contribution in [0.3, 0.4) is 0 Å². The minimum atomic E-state index is 0.624. The van der Waals surface area contributed by atoms with E-state index in [9.17, 15) is 0 Å². The molecule has 3 rings (SSSR count). The van der Waals surface area contributed by atoms with Gasteiger partial charge in [0, 0.05) is 31.2 Å². The largest absolute Gasteiger partial charge is 0.357 e. The van der Waals surface area contributed by atoms with Gasteiger partial charge in [-0.15, -0.1) is 0 Å². The number of likely N-dealkylation sites (tertiary alicyclic amines) is 1. The van der Waals surface area contributed by atoms with Gasteiger partial charge in [0.15, 0.2) is 11.8 Å². The smallest absolute Gasteiger partial charge is 0.191 e. The van der Waals surface area contributed by atoms with Crippen molar-refractivity contribution in [3.63, 3.8) is 0 Å². The van der Waals surface area contributed by atoms with Gasteiger partial charge in [0.25, 0.3) is 0 Å². The van der Waals surface area contributed by atoms with E-state index in [2.05, 4.69) is 56.7 Å². The average Bonchev–Trinajstić information content (AvgIpc) is 3.27. The Kier molecular flexibility index (Phi) is 7.84. The van der Waals surface area contributed by atoms with Crippen LogP contribution in [0.4, 0.5) is 0 Å². The van der Waals surface area contributed by atoms with E-state index in [1.807, 2.05) is 12.1 Å². The minimum Gasteiger partial charge on any atom is -0.357 e. The number of hydrogen-bond acceptors (Lipinski definition) is 4. The molecule has 0 aliphatic carbocycles. The Labute approximate surface area is 168 Å². The Morgan fingerprint density at radius 3 is 3.00 bits per heavy atom. The van der Waals surface area contributed by atoms with E-state index in [0.29, 0.717) is 6.54 Å². The first-order valence-corrected chi connectivity index (χ1v) is 10.5. The first kappa shape index (κ1) is 20.3. The van der Waals surface area contributed by atoms with E-state index >= 15 is 0 Å². The van der Waals surface area contributed by atoms with E-state index in [1.165, 1.54) is 38.6 Å². The molecule has 1 fully saturated rings. The van der Waals surface area contributed by atoms with Gasteiger partial charge in [-0.2, -0.15) is 5.10 Å². The molecule has 1 aromatic heterocycles. The number of piperidine rings is 1. The lowest BCUT2D eigenvalue weighted by Crippen LogP contribution is -2.45. The van der Waals surface area contributed by atoms with Crippen LogP contribution in [0.1, 0.15) is 45.1 Å². The van der Waals surface area contributed by atoms with Crippen molar-refractivity contribution < 1.29 is 0 Å². The van der Waals surface area contributed by atoms with Crippen LogP contribution in [0.15, 0.2) is 35.6 Å². The molecule has 7 heteroatoms. The van der Waals surface area contributed by atoms with Crippen LogP contribution in [-0.4, -0.2) is 58.3 Å². The fraction of sp³-hybridized carbons (Fsp3) is 0.571. The standard InChI is InChI=1S/C21H33N7/c1-3-19-10-5-6-12-28(19)13-11-23-21(22-4-2)24-15-17-8-7-9-18(14-17)20-25-16-26-27-20/h7-9,14,16,19H,3-6,10-13,15H2,1-2H3,(H2,22,23,24)(H,25,26,27). The summed E-state index contributed by atoms with van der Waals surface area (Å²) < 4.78 is 0. The quantitative estimate of drug-likeness (QED) is 0.482. The van der Waals surface area contributed by atoms with E-state index in [1.54, 1.807) is 0 Å². The van der Waals surface area contributed by atoms with Gasteiger partial charge in [0.1, 0.15) is 6.33 Å². The predicted octanol–water partition coefficient (Wildman–Crippen LogP) is 2.79. The van der Waals surface area contributed by atoms with Crippen molar-refractivity contribution in [2.75, 3.05) is 26.2 Å². The summed E-state index contributed by atoms with van der Waals surface area (Å²) in [5, 5.41) is 13.7. The van der Waals surface area contributed by atoms with Crippen LogP contribution in [-0.2, 0) is 6.54 Å². The van der Waals surface area contributed by atoms with E-state index in [-0.39, 0.29) is 0 Å². The number of H-pyrrole nitrogens is 1. The van der Waals surface area contributed by atoms with Gasteiger partial charge in [0.2, 0.25) is 0 Å². The minimum absolute atomic E-state index is 0.624. The second-order valence-corrected chi connectivity index (χ2v) is 7.25. The molecule has 0 amide bonds. The number of nitrogens with zero attached hydrogens (tertiary/aromatic N) is 4. The lowest BCUT2D eigenvalue weighted by atomic mass is 10.0. The van der Waals surface area contributed by atoms with Crippen molar-refractivity contribution in [3.8, 4) is 11.4 Å². The SMILES string of the molecule is CCNC(=NCc1cccc(-c2ncn[nH]2)c1)NCCN1CCCCC1CC. The Morgan fingerprint density at radius 2 is 2.21 bits per heavy atom. The Hall–Kier alpha value is -2.41. The molecular formula is C21H33N7. The first-order valence-electron chi connectivity index (χ1n) is 10.5. The molecule has 7 nitrogen and oxygen atoms in total. The predicted molar refractivity (Wildman–Crippen MR) is 114 cm³/mol. The Balaban J connectivity index is 1.54. The highest BCUT2D eigenvalue weighted by Crippen LogP contribution is 2.18. The molecule has 152 valence electrons. The summed E-state index contributed by atoms with van der Waals surface area (Å²) in [4.78, 5) is 11.6. The molecule has 1 unspecified atom stereocenters. The zero-order valence-corrected chi connectivity index (χ0v) is 17.1. The van der Waals surface area contributed by atoms with Gasteiger partial charge in [0.05, 0.1) is 6.54 Å². The zero-order valence-electron chi connectivity index (χ0n) is 17.1. The van der Waals surface area contributed by atoms with Gasteiger partial charge < -0.3 is 10.6 Å². The summed E-state index contributed by atoms with van der Waals surface area (Å²) in [5.74, 6) is 1.65. The highest BCUT2D eigenvalue weighted by molar-refractivity contribution is 5.79. The third-order valence-electron chi connectivity index (χ3n) is 5.29. The second kappa shape index (κ2) is 10.8. The fourth-order valence-electron chi connectivity index (χ4n) is 3.81. The third kappa shape index (κ3) is 5.79. The summed E-state index contributed by atoms with van der Waals surface area (Å²) in [6.07, 6.45) is 6.81. The number of aromatic nitrogens is 3. The number of aromatic amines is 1. The van der Waals surface area contributed by atoms with E-state index in [0.717, 1.165) is 48.6 Å². The average molecular weight is 384 g/mol. The van der Waals surface area contributed by atoms with Crippen LogP contribution in [0.2, 0.25) is 0 Å².